The maximum absolute atomic E-state index is 11.9. The molecule has 0 aromatic heterocycles. The minimum absolute atomic E-state index is 0.0914. The van der Waals surface area contributed by atoms with Crippen molar-refractivity contribution in [1.82, 2.24) is 4.72 Å². The molecule has 0 bridgehead atoms. The number of sulfonamides is 1. The van der Waals surface area contributed by atoms with Crippen LogP contribution in [-0.4, -0.2) is 27.9 Å². The van der Waals surface area contributed by atoms with E-state index in [1.807, 2.05) is 30.3 Å². The van der Waals surface area contributed by atoms with Crippen molar-refractivity contribution < 1.29 is 17.9 Å². The second-order valence-electron chi connectivity index (χ2n) is 4.65. The highest BCUT2D eigenvalue weighted by atomic mass is 32.2. The van der Waals surface area contributed by atoms with Gasteiger partial charge in [0.2, 0.25) is 10.0 Å². The maximum Gasteiger partial charge on any atom is 0.215 e. The van der Waals surface area contributed by atoms with Gasteiger partial charge >= 0.3 is 0 Å². The normalized spacial score (nSPS) is 11.1. The van der Waals surface area contributed by atoms with Gasteiger partial charge < -0.3 is 9.47 Å². The Bertz CT molecular complexity index is 669. The third-order valence-corrected chi connectivity index (χ3v) is 4.31. The minimum atomic E-state index is -3.36. The van der Waals surface area contributed by atoms with Gasteiger partial charge in [0.25, 0.3) is 0 Å². The van der Waals surface area contributed by atoms with E-state index >= 15 is 0 Å². The van der Waals surface area contributed by atoms with E-state index in [1.165, 1.54) is 0 Å². The summed E-state index contributed by atoms with van der Waals surface area (Å²) < 4.78 is 36.8. The Hall–Kier alpha value is -2.05. The van der Waals surface area contributed by atoms with Crippen LogP contribution in [-0.2, 0) is 16.6 Å². The topological polar surface area (TPSA) is 64.6 Å². The summed E-state index contributed by atoms with van der Waals surface area (Å²) in [4.78, 5) is 0. The number of hydrogen-bond acceptors (Lipinski definition) is 4. The van der Waals surface area contributed by atoms with Crippen molar-refractivity contribution >= 4 is 10.0 Å². The van der Waals surface area contributed by atoms with Gasteiger partial charge in [-0.15, -0.1) is 0 Å². The molecule has 0 aliphatic carbocycles. The van der Waals surface area contributed by atoms with E-state index in [2.05, 4.69) is 4.72 Å². The van der Waals surface area contributed by atoms with Gasteiger partial charge in [0.1, 0.15) is 18.1 Å². The largest absolute Gasteiger partial charge is 0.497 e. The van der Waals surface area contributed by atoms with Crippen LogP contribution in [0.25, 0.3) is 0 Å². The predicted molar refractivity (Wildman–Crippen MR) is 85.6 cm³/mol. The molecule has 1 N–H and O–H groups in total. The summed E-state index contributed by atoms with van der Waals surface area (Å²) in [7, 11) is -1.78. The van der Waals surface area contributed by atoms with E-state index in [4.69, 9.17) is 9.47 Å². The van der Waals surface area contributed by atoms with Crippen LogP contribution in [0.2, 0.25) is 0 Å². The van der Waals surface area contributed by atoms with Crippen molar-refractivity contribution in [3.8, 4) is 11.5 Å². The lowest BCUT2D eigenvalue weighted by molar-refractivity contribution is 0.339. The Morgan fingerprint density at radius 2 is 1.59 bits per heavy atom. The molecular formula is C16H19NO4S. The van der Waals surface area contributed by atoms with E-state index in [0.717, 1.165) is 11.3 Å². The monoisotopic (exact) mass is 321 g/mol. The highest BCUT2D eigenvalue weighted by Crippen LogP contribution is 2.16. The lowest BCUT2D eigenvalue weighted by Crippen LogP contribution is -2.28. The maximum atomic E-state index is 11.9. The molecule has 22 heavy (non-hydrogen) atoms. The zero-order valence-corrected chi connectivity index (χ0v) is 13.2. The molecular weight excluding hydrogens is 302 g/mol. The molecule has 0 radical (unpaired) electrons. The molecule has 2 rings (SSSR count). The Labute approximate surface area is 130 Å². The number of benzene rings is 2. The highest BCUT2D eigenvalue weighted by Gasteiger charge is 2.10. The Morgan fingerprint density at radius 1 is 0.955 bits per heavy atom. The van der Waals surface area contributed by atoms with E-state index in [0.29, 0.717) is 5.75 Å². The Kier molecular flexibility index (Phi) is 5.80. The standard InChI is InChI=1S/C16H19NO4S/c1-20-15-7-9-16(10-8-15)21-11-12-22(18,19)17-13-14-5-3-2-4-6-14/h2-10,17H,11-13H2,1H3. The van der Waals surface area contributed by atoms with Gasteiger partial charge in [0.05, 0.1) is 12.9 Å². The molecule has 5 nitrogen and oxygen atoms in total. The number of rotatable bonds is 8. The first-order valence-corrected chi connectivity index (χ1v) is 8.52. The first-order valence-electron chi connectivity index (χ1n) is 6.87. The smallest absolute Gasteiger partial charge is 0.215 e. The quantitative estimate of drug-likeness (QED) is 0.809. The van der Waals surface area contributed by atoms with Crippen LogP contribution in [0.3, 0.4) is 0 Å². The molecule has 0 aliphatic heterocycles. The first kappa shape index (κ1) is 16.3. The van der Waals surface area contributed by atoms with E-state index in [-0.39, 0.29) is 18.9 Å². The van der Waals surface area contributed by atoms with E-state index < -0.39 is 10.0 Å². The van der Waals surface area contributed by atoms with Gasteiger partial charge in [-0.2, -0.15) is 0 Å². The number of methoxy groups -OCH3 is 1. The summed E-state index contributed by atoms with van der Waals surface area (Å²) in [5.74, 6) is 1.25. The van der Waals surface area contributed by atoms with Gasteiger partial charge in [-0.1, -0.05) is 30.3 Å². The summed E-state index contributed by atoms with van der Waals surface area (Å²) >= 11 is 0. The molecule has 0 heterocycles. The van der Waals surface area contributed by atoms with Crippen LogP contribution in [0, 0.1) is 0 Å². The first-order chi connectivity index (χ1) is 10.6. The molecule has 2 aromatic carbocycles. The van der Waals surface area contributed by atoms with Crippen molar-refractivity contribution in [2.45, 2.75) is 6.54 Å². The fraction of sp³-hybridized carbons (Fsp3) is 0.250. The average Bonchev–Trinajstić information content (AvgIpc) is 2.55. The molecule has 118 valence electrons. The molecule has 0 amide bonds. The third kappa shape index (κ3) is 5.38. The zero-order chi connectivity index (χ0) is 15.8. The van der Waals surface area contributed by atoms with Crippen molar-refractivity contribution in [2.75, 3.05) is 19.5 Å². The average molecular weight is 321 g/mol. The molecule has 0 unspecified atom stereocenters. The van der Waals surface area contributed by atoms with Crippen LogP contribution in [0.5, 0.6) is 11.5 Å². The summed E-state index contributed by atoms with van der Waals surface area (Å²) in [6, 6.07) is 16.4. The van der Waals surface area contributed by atoms with Crippen molar-refractivity contribution in [3.63, 3.8) is 0 Å². The number of ether oxygens (including phenoxy) is 2. The van der Waals surface area contributed by atoms with E-state index in [1.54, 1.807) is 31.4 Å². The number of nitrogens with one attached hydrogen (secondary N) is 1. The molecule has 0 atom stereocenters. The second kappa shape index (κ2) is 7.82. The molecule has 0 fully saturated rings. The summed E-state index contributed by atoms with van der Waals surface area (Å²) in [6.45, 7) is 0.377. The van der Waals surface area contributed by atoms with Gasteiger partial charge in [0.15, 0.2) is 0 Å². The molecule has 0 spiro atoms. The molecule has 0 aliphatic rings. The highest BCUT2D eigenvalue weighted by molar-refractivity contribution is 7.89. The fourth-order valence-corrected chi connectivity index (χ4v) is 2.64. The predicted octanol–water partition coefficient (Wildman–Crippen LogP) is 2.19. The lowest BCUT2D eigenvalue weighted by atomic mass is 10.2. The van der Waals surface area contributed by atoms with Crippen LogP contribution >= 0.6 is 0 Å². The zero-order valence-electron chi connectivity index (χ0n) is 12.4. The van der Waals surface area contributed by atoms with Crippen LogP contribution in [0.4, 0.5) is 0 Å². The van der Waals surface area contributed by atoms with Crippen molar-refractivity contribution in [2.24, 2.45) is 0 Å². The van der Waals surface area contributed by atoms with Gasteiger partial charge in [0, 0.05) is 6.54 Å². The Balaban J connectivity index is 1.77. The van der Waals surface area contributed by atoms with E-state index in [9.17, 15) is 8.42 Å². The van der Waals surface area contributed by atoms with Gasteiger partial charge in [-0.3, -0.25) is 0 Å². The van der Waals surface area contributed by atoms with Crippen molar-refractivity contribution in [3.05, 3.63) is 60.2 Å². The molecule has 2 aromatic rings. The molecule has 0 saturated carbocycles. The Morgan fingerprint density at radius 3 is 2.23 bits per heavy atom. The van der Waals surface area contributed by atoms with Crippen molar-refractivity contribution in [1.29, 1.82) is 0 Å². The fourth-order valence-electron chi connectivity index (χ4n) is 1.80. The second-order valence-corrected chi connectivity index (χ2v) is 6.58. The van der Waals surface area contributed by atoms with Gasteiger partial charge in [-0.05, 0) is 29.8 Å². The minimum Gasteiger partial charge on any atom is -0.497 e. The van der Waals surface area contributed by atoms with Crippen LogP contribution < -0.4 is 14.2 Å². The molecule has 0 saturated heterocycles. The summed E-state index contributed by atoms with van der Waals surface area (Å²) in [5, 5.41) is 0. The summed E-state index contributed by atoms with van der Waals surface area (Å²) in [6.07, 6.45) is 0. The SMILES string of the molecule is COc1ccc(OCCS(=O)(=O)NCc2ccccc2)cc1. The molecule has 6 heteroatoms. The number of hydrogen-bond donors (Lipinski definition) is 1. The summed E-state index contributed by atoms with van der Waals surface area (Å²) in [5.41, 5.74) is 0.919. The van der Waals surface area contributed by atoms with Gasteiger partial charge in [-0.25, -0.2) is 13.1 Å². The van der Waals surface area contributed by atoms with Crippen LogP contribution in [0.15, 0.2) is 54.6 Å². The lowest BCUT2D eigenvalue weighted by Gasteiger charge is -2.09. The third-order valence-electron chi connectivity index (χ3n) is 3.02. The van der Waals surface area contributed by atoms with Crippen LogP contribution in [0.1, 0.15) is 5.56 Å².